The van der Waals surface area contributed by atoms with Gasteiger partial charge in [0, 0.05) is 12.7 Å². The molecule has 1 rings (SSSR count). The molecule has 0 aromatic carbocycles. The number of hydrogen-bond acceptors (Lipinski definition) is 3. The van der Waals surface area contributed by atoms with Crippen molar-refractivity contribution in [3.8, 4) is 0 Å². The molecule has 0 bridgehead atoms. The van der Waals surface area contributed by atoms with Crippen molar-refractivity contribution < 1.29 is 4.74 Å². The Balaban J connectivity index is 3.25. The van der Waals surface area contributed by atoms with Crippen molar-refractivity contribution in [3.63, 3.8) is 0 Å². The summed E-state index contributed by atoms with van der Waals surface area (Å²) in [4.78, 5) is 4.04. The Morgan fingerprint density at radius 2 is 2.23 bits per heavy atom. The van der Waals surface area contributed by atoms with Gasteiger partial charge in [-0.2, -0.15) is 0 Å². The molecule has 0 unspecified atom stereocenters. The molecule has 0 saturated heterocycles. The number of methoxy groups -OCH3 is 1. The number of nitrogens with zero attached hydrogens (tertiary/aromatic N) is 1. The van der Waals surface area contributed by atoms with Gasteiger partial charge >= 0.3 is 0 Å². The van der Waals surface area contributed by atoms with Gasteiger partial charge in [-0.25, -0.2) is 0 Å². The van der Waals surface area contributed by atoms with E-state index >= 15 is 0 Å². The molecular weight excluding hydrogens is 188 g/mol. The second-order valence-corrected chi connectivity index (χ2v) is 3.28. The van der Waals surface area contributed by atoms with Gasteiger partial charge in [0.1, 0.15) is 0 Å². The van der Waals surface area contributed by atoms with E-state index in [4.69, 9.17) is 22.1 Å². The minimum Gasteiger partial charge on any atom is -0.397 e. The largest absolute Gasteiger partial charge is 0.397 e. The lowest BCUT2D eigenvalue weighted by Crippen LogP contribution is -2.04. The molecule has 1 atom stereocenters. The second kappa shape index (κ2) is 3.94. The number of aromatic nitrogens is 1. The third-order valence-electron chi connectivity index (χ3n) is 2.02. The molecule has 0 saturated carbocycles. The van der Waals surface area contributed by atoms with E-state index < -0.39 is 0 Å². The lowest BCUT2D eigenvalue weighted by molar-refractivity contribution is 0.120. The first-order chi connectivity index (χ1) is 6.07. The molecule has 4 heteroatoms. The third-order valence-corrected chi connectivity index (χ3v) is 2.50. The zero-order chi connectivity index (χ0) is 10.0. The fraction of sp³-hybridized carbons (Fsp3) is 0.444. The summed E-state index contributed by atoms with van der Waals surface area (Å²) in [5.41, 5.74) is 7.90. The first kappa shape index (κ1) is 10.3. The molecule has 0 spiro atoms. The molecule has 0 amide bonds. The topological polar surface area (TPSA) is 48.1 Å². The lowest BCUT2D eigenvalue weighted by Gasteiger charge is -2.15. The number of pyridine rings is 1. The Kier molecular flexibility index (Phi) is 3.12. The monoisotopic (exact) mass is 200 g/mol. The molecule has 2 N–H and O–H groups in total. The van der Waals surface area contributed by atoms with E-state index in [9.17, 15) is 0 Å². The van der Waals surface area contributed by atoms with Gasteiger partial charge in [0.15, 0.2) is 0 Å². The first-order valence-corrected chi connectivity index (χ1v) is 4.39. The van der Waals surface area contributed by atoms with Crippen molar-refractivity contribution in [3.05, 3.63) is 22.5 Å². The summed E-state index contributed by atoms with van der Waals surface area (Å²) < 4.78 is 5.16. The quantitative estimate of drug-likeness (QED) is 0.797. The molecule has 0 radical (unpaired) electrons. The minimum absolute atomic E-state index is 0.103. The smallest absolute Gasteiger partial charge is 0.0828 e. The molecule has 0 aliphatic rings. The molecule has 0 aliphatic carbocycles. The van der Waals surface area contributed by atoms with Gasteiger partial charge < -0.3 is 10.5 Å². The van der Waals surface area contributed by atoms with Crippen molar-refractivity contribution >= 4 is 17.3 Å². The van der Waals surface area contributed by atoms with Crippen molar-refractivity contribution in [1.82, 2.24) is 4.98 Å². The standard InChI is InChI=1S/C9H13ClN2O/c1-5-9(10)8(6(2)13-3)7(11)4-12-5/h4,6H,11H2,1-3H3/t6-/m1/s1. The maximum atomic E-state index is 6.05. The number of anilines is 1. The molecule has 13 heavy (non-hydrogen) atoms. The molecule has 72 valence electrons. The fourth-order valence-corrected chi connectivity index (χ4v) is 1.46. The number of aryl methyl sites for hydroxylation is 1. The van der Waals surface area contributed by atoms with Gasteiger partial charge in [-0.15, -0.1) is 0 Å². The van der Waals surface area contributed by atoms with E-state index in [1.165, 1.54) is 0 Å². The Labute approximate surface area is 82.9 Å². The number of nitrogen functional groups attached to an aromatic ring is 1. The predicted octanol–water partition coefficient (Wildman–Crippen LogP) is 2.33. The average molecular weight is 201 g/mol. The summed E-state index contributed by atoms with van der Waals surface area (Å²) in [6, 6.07) is 0. The van der Waals surface area contributed by atoms with E-state index in [1.807, 2.05) is 13.8 Å². The second-order valence-electron chi connectivity index (χ2n) is 2.90. The molecule has 3 nitrogen and oxygen atoms in total. The molecule has 0 fully saturated rings. The lowest BCUT2D eigenvalue weighted by atomic mass is 10.1. The van der Waals surface area contributed by atoms with Crippen LogP contribution in [0.15, 0.2) is 6.20 Å². The predicted molar refractivity (Wildman–Crippen MR) is 53.8 cm³/mol. The van der Waals surface area contributed by atoms with Crippen LogP contribution in [0, 0.1) is 6.92 Å². The summed E-state index contributed by atoms with van der Waals surface area (Å²) in [5.74, 6) is 0. The molecular formula is C9H13ClN2O. The van der Waals surface area contributed by atoms with Gasteiger partial charge in [0.2, 0.25) is 0 Å². The van der Waals surface area contributed by atoms with Crippen LogP contribution in [0.1, 0.15) is 24.3 Å². The highest BCUT2D eigenvalue weighted by Crippen LogP contribution is 2.31. The Bertz CT molecular complexity index is 315. The number of nitrogens with two attached hydrogens (primary N) is 1. The summed E-state index contributed by atoms with van der Waals surface area (Å²) >= 11 is 6.05. The van der Waals surface area contributed by atoms with Crippen LogP contribution in [0.25, 0.3) is 0 Å². The van der Waals surface area contributed by atoms with Crippen molar-refractivity contribution in [2.45, 2.75) is 20.0 Å². The Morgan fingerprint density at radius 3 is 2.77 bits per heavy atom. The zero-order valence-corrected chi connectivity index (χ0v) is 8.72. The number of rotatable bonds is 2. The number of ether oxygens (including phenoxy) is 1. The first-order valence-electron chi connectivity index (χ1n) is 4.01. The van der Waals surface area contributed by atoms with Crippen LogP contribution in [0.3, 0.4) is 0 Å². The molecule has 1 heterocycles. The van der Waals surface area contributed by atoms with Crippen molar-refractivity contribution in [1.29, 1.82) is 0 Å². The van der Waals surface area contributed by atoms with E-state index in [-0.39, 0.29) is 6.10 Å². The van der Waals surface area contributed by atoms with E-state index in [0.717, 1.165) is 11.3 Å². The van der Waals surface area contributed by atoms with Crippen LogP contribution in [0.5, 0.6) is 0 Å². The highest BCUT2D eigenvalue weighted by atomic mass is 35.5. The minimum atomic E-state index is -0.103. The van der Waals surface area contributed by atoms with Gasteiger partial charge in [0.05, 0.1) is 28.7 Å². The number of halogens is 1. The average Bonchev–Trinajstić information content (AvgIpc) is 2.12. The highest BCUT2D eigenvalue weighted by Gasteiger charge is 2.14. The van der Waals surface area contributed by atoms with Crippen molar-refractivity contribution in [2.24, 2.45) is 0 Å². The normalized spacial score (nSPS) is 12.9. The van der Waals surface area contributed by atoms with E-state index in [2.05, 4.69) is 4.98 Å². The van der Waals surface area contributed by atoms with Crippen molar-refractivity contribution in [2.75, 3.05) is 12.8 Å². The Morgan fingerprint density at radius 1 is 1.62 bits per heavy atom. The van der Waals surface area contributed by atoms with Crippen LogP contribution in [0.2, 0.25) is 5.02 Å². The molecule has 0 aliphatic heterocycles. The van der Waals surface area contributed by atoms with Gasteiger partial charge in [-0.1, -0.05) is 11.6 Å². The zero-order valence-electron chi connectivity index (χ0n) is 7.97. The summed E-state index contributed by atoms with van der Waals surface area (Å²) in [7, 11) is 1.62. The van der Waals surface area contributed by atoms with Gasteiger partial charge in [-0.3, -0.25) is 4.98 Å². The van der Waals surface area contributed by atoms with E-state index in [1.54, 1.807) is 13.3 Å². The maximum Gasteiger partial charge on any atom is 0.0828 e. The highest BCUT2D eigenvalue weighted by molar-refractivity contribution is 6.32. The SMILES string of the molecule is CO[C@H](C)c1c(N)cnc(C)c1Cl. The van der Waals surface area contributed by atoms with Crippen LogP contribution in [-0.4, -0.2) is 12.1 Å². The Hall–Kier alpha value is -0.800. The fourth-order valence-electron chi connectivity index (χ4n) is 1.15. The maximum absolute atomic E-state index is 6.05. The molecule has 1 aromatic heterocycles. The molecule has 1 aromatic rings. The van der Waals surface area contributed by atoms with E-state index in [0.29, 0.717) is 10.7 Å². The van der Waals surface area contributed by atoms with Crippen LogP contribution in [0.4, 0.5) is 5.69 Å². The summed E-state index contributed by atoms with van der Waals surface area (Å²) in [5, 5.41) is 0.592. The number of hydrogen-bond donors (Lipinski definition) is 1. The van der Waals surface area contributed by atoms with Crippen LogP contribution in [-0.2, 0) is 4.74 Å². The van der Waals surface area contributed by atoms with Gasteiger partial charge in [-0.05, 0) is 13.8 Å². The van der Waals surface area contributed by atoms with Crippen LogP contribution >= 0.6 is 11.6 Å². The van der Waals surface area contributed by atoms with Gasteiger partial charge in [0.25, 0.3) is 0 Å². The summed E-state index contributed by atoms with van der Waals surface area (Å²) in [6.07, 6.45) is 1.50. The summed E-state index contributed by atoms with van der Waals surface area (Å²) in [6.45, 7) is 3.74. The third kappa shape index (κ3) is 1.92. The van der Waals surface area contributed by atoms with Crippen LogP contribution < -0.4 is 5.73 Å².